The average Bonchev–Trinajstić information content (AvgIpc) is 2.61. The third kappa shape index (κ3) is 6.08. The van der Waals surface area contributed by atoms with Crippen LogP contribution in [-0.4, -0.2) is 48.4 Å². The molecule has 4 nitrogen and oxygen atoms in total. The van der Waals surface area contributed by atoms with Gasteiger partial charge in [0.2, 0.25) is 5.91 Å². The Labute approximate surface area is 168 Å². The Balaban J connectivity index is 0.00000169. The average molecular weight is 406 g/mol. The van der Waals surface area contributed by atoms with E-state index in [9.17, 15) is 9.18 Å². The molecule has 26 heavy (non-hydrogen) atoms. The van der Waals surface area contributed by atoms with Gasteiger partial charge in [-0.25, -0.2) is 4.39 Å². The molecule has 148 valence electrons. The van der Waals surface area contributed by atoms with Crippen LogP contribution in [0.15, 0.2) is 24.3 Å². The van der Waals surface area contributed by atoms with Gasteiger partial charge in [0.1, 0.15) is 5.82 Å². The van der Waals surface area contributed by atoms with Crippen LogP contribution in [0, 0.1) is 17.7 Å². The van der Waals surface area contributed by atoms with Gasteiger partial charge in [0.05, 0.1) is 5.92 Å². The second-order valence-electron chi connectivity index (χ2n) is 7.21. The predicted octanol–water partition coefficient (Wildman–Crippen LogP) is 3.08. The second kappa shape index (κ2) is 11.1. The molecule has 0 spiro atoms. The Morgan fingerprint density at radius 3 is 2.54 bits per heavy atom. The highest BCUT2D eigenvalue weighted by Crippen LogP contribution is 2.24. The number of hydrogen-bond acceptors (Lipinski definition) is 3. The van der Waals surface area contributed by atoms with E-state index in [2.05, 4.69) is 4.90 Å². The summed E-state index contributed by atoms with van der Waals surface area (Å²) >= 11 is 0. The minimum Gasteiger partial charge on any atom is -0.342 e. The van der Waals surface area contributed by atoms with E-state index in [1.807, 2.05) is 11.0 Å². The molecule has 2 N–H and O–H groups in total. The summed E-state index contributed by atoms with van der Waals surface area (Å²) in [5.41, 5.74) is 6.71. The number of benzene rings is 1. The lowest BCUT2D eigenvalue weighted by Gasteiger charge is -2.37. The number of halogens is 3. The first-order valence-electron chi connectivity index (χ1n) is 9.11. The highest BCUT2D eigenvalue weighted by molar-refractivity contribution is 5.85. The molecule has 0 aromatic heterocycles. The number of carbonyl (C=O) groups is 1. The molecule has 2 saturated heterocycles. The fraction of sp³-hybridized carbons (Fsp3) is 0.632. The summed E-state index contributed by atoms with van der Waals surface area (Å²) in [6.07, 6.45) is 4.06. The molecule has 2 aliphatic heterocycles. The monoisotopic (exact) mass is 405 g/mol. The van der Waals surface area contributed by atoms with Crippen molar-refractivity contribution < 1.29 is 9.18 Å². The summed E-state index contributed by atoms with van der Waals surface area (Å²) in [4.78, 5) is 17.1. The largest absolute Gasteiger partial charge is 0.342 e. The van der Waals surface area contributed by atoms with Gasteiger partial charge in [-0.2, -0.15) is 0 Å². The SMILES string of the molecule is Cl.Cl.NCC1CCN(C(=O)C2CCCN(Cc3cccc(F)c3)C2)CC1. The highest BCUT2D eigenvalue weighted by Gasteiger charge is 2.31. The van der Waals surface area contributed by atoms with Gasteiger partial charge in [-0.05, 0) is 62.4 Å². The number of nitrogens with two attached hydrogens (primary N) is 1. The predicted molar refractivity (Wildman–Crippen MR) is 107 cm³/mol. The van der Waals surface area contributed by atoms with Crippen LogP contribution in [-0.2, 0) is 11.3 Å². The van der Waals surface area contributed by atoms with Crippen molar-refractivity contribution in [1.82, 2.24) is 9.80 Å². The zero-order chi connectivity index (χ0) is 16.9. The molecule has 7 heteroatoms. The summed E-state index contributed by atoms with van der Waals surface area (Å²) in [5, 5.41) is 0. The zero-order valence-electron chi connectivity index (χ0n) is 15.1. The molecule has 2 heterocycles. The van der Waals surface area contributed by atoms with Crippen molar-refractivity contribution >= 4 is 30.7 Å². The smallest absolute Gasteiger partial charge is 0.226 e. The first-order valence-corrected chi connectivity index (χ1v) is 9.11. The van der Waals surface area contributed by atoms with Crippen LogP contribution in [0.25, 0.3) is 0 Å². The Morgan fingerprint density at radius 1 is 1.15 bits per heavy atom. The molecule has 1 atom stereocenters. The number of amides is 1. The van der Waals surface area contributed by atoms with Crippen molar-refractivity contribution in [1.29, 1.82) is 0 Å². The fourth-order valence-electron chi connectivity index (χ4n) is 3.94. The summed E-state index contributed by atoms with van der Waals surface area (Å²) in [7, 11) is 0. The van der Waals surface area contributed by atoms with E-state index in [0.717, 1.165) is 70.5 Å². The van der Waals surface area contributed by atoms with E-state index in [0.29, 0.717) is 11.8 Å². The van der Waals surface area contributed by atoms with E-state index in [-0.39, 0.29) is 36.5 Å². The highest BCUT2D eigenvalue weighted by atomic mass is 35.5. The maximum absolute atomic E-state index is 13.3. The molecule has 0 radical (unpaired) electrons. The Kier molecular flexibility index (Phi) is 9.86. The standard InChI is InChI=1S/C19H28FN3O.2ClH/c20-18-5-1-3-16(11-18)13-22-8-2-4-17(14-22)19(24)23-9-6-15(12-21)7-10-23;;/h1,3,5,11,15,17H,2,4,6-10,12-14,21H2;2*1H. The minimum atomic E-state index is -0.195. The lowest BCUT2D eigenvalue weighted by atomic mass is 9.92. The van der Waals surface area contributed by atoms with Gasteiger partial charge < -0.3 is 10.6 Å². The van der Waals surface area contributed by atoms with Crippen molar-refractivity contribution in [3.05, 3.63) is 35.6 Å². The molecule has 0 bridgehead atoms. The summed E-state index contributed by atoms with van der Waals surface area (Å²) in [6.45, 7) is 4.91. The third-order valence-corrected chi connectivity index (χ3v) is 5.41. The van der Waals surface area contributed by atoms with Gasteiger partial charge in [-0.15, -0.1) is 24.8 Å². The lowest BCUT2D eigenvalue weighted by molar-refractivity contribution is -0.138. The van der Waals surface area contributed by atoms with E-state index in [1.165, 1.54) is 6.07 Å². The topological polar surface area (TPSA) is 49.6 Å². The van der Waals surface area contributed by atoms with Crippen molar-refractivity contribution in [2.75, 3.05) is 32.7 Å². The third-order valence-electron chi connectivity index (χ3n) is 5.41. The maximum atomic E-state index is 13.3. The molecule has 1 aromatic rings. The van der Waals surface area contributed by atoms with Crippen LogP contribution >= 0.6 is 24.8 Å². The van der Waals surface area contributed by atoms with Gasteiger partial charge in [-0.1, -0.05) is 12.1 Å². The van der Waals surface area contributed by atoms with Gasteiger partial charge >= 0.3 is 0 Å². The van der Waals surface area contributed by atoms with E-state index >= 15 is 0 Å². The van der Waals surface area contributed by atoms with Gasteiger partial charge in [0, 0.05) is 26.2 Å². The Hall–Kier alpha value is -0.880. The molecule has 1 aromatic carbocycles. The molecular formula is C19H30Cl2FN3O. The van der Waals surface area contributed by atoms with Crippen LogP contribution in [0.2, 0.25) is 0 Å². The fourth-order valence-corrected chi connectivity index (χ4v) is 3.94. The van der Waals surface area contributed by atoms with E-state index in [4.69, 9.17) is 5.73 Å². The molecule has 2 aliphatic rings. The molecule has 1 unspecified atom stereocenters. The normalized spacial score (nSPS) is 21.6. The van der Waals surface area contributed by atoms with Crippen molar-refractivity contribution in [3.8, 4) is 0 Å². The Bertz CT molecular complexity index is 567. The minimum absolute atomic E-state index is 0. The Morgan fingerprint density at radius 2 is 1.88 bits per heavy atom. The summed E-state index contributed by atoms with van der Waals surface area (Å²) < 4.78 is 13.3. The molecule has 1 amide bonds. The molecule has 2 fully saturated rings. The molecular weight excluding hydrogens is 376 g/mol. The van der Waals surface area contributed by atoms with Crippen molar-refractivity contribution in [2.24, 2.45) is 17.6 Å². The summed E-state index contributed by atoms with van der Waals surface area (Å²) in [6, 6.07) is 6.75. The van der Waals surface area contributed by atoms with Gasteiger partial charge in [0.15, 0.2) is 0 Å². The number of nitrogens with zero attached hydrogens (tertiary/aromatic N) is 2. The van der Waals surface area contributed by atoms with E-state index < -0.39 is 0 Å². The van der Waals surface area contributed by atoms with Gasteiger partial charge in [-0.3, -0.25) is 9.69 Å². The number of likely N-dealkylation sites (tertiary alicyclic amines) is 2. The number of piperidine rings is 2. The maximum Gasteiger partial charge on any atom is 0.226 e. The molecule has 0 aliphatic carbocycles. The van der Waals surface area contributed by atoms with Crippen molar-refractivity contribution in [2.45, 2.75) is 32.2 Å². The van der Waals surface area contributed by atoms with Crippen LogP contribution in [0.4, 0.5) is 4.39 Å². The molecule has 0 saturated carbocycles. The van der Waals surface area contributed by atoms with E-state index in [1.54, 1.807) is 12.1 Å². The lowest BCUT2D eigenvalue weighted by Crippen LogP contribution is -2.47. The number of hydrogen-bond donors (Lipinski definition) is 1. The number of carbonyl (C=O) groups excluding carboxylic acids is 1. The number of rotatable bonds is 4. The molecule has 3 rings (SSSR count). The summed E-state index contributed by atoms with van der Waals surface area (Å²) in [5.74, 6) is 0.765. The quantitative estimate of drug-likeness (QED) is 0.836. The van der Waals surface area contributed by atoms with Gasteiger partial charge in [0.25, 0.3) is 0 Å². The van der Waals surface area contributed by atoms with Crippen LogP contribution in [0.1, 0.15) is 31.2 Å². The van der Waals surface area contributed by atoms with Crippen LogP contribution in [0.3, 0.4) is 0 Å². The zero-order valence-corrected chi connectivity index (χ0v) is 16.7. The van der Waals surface area contributed by atoms with Crippen LogP contribution in [0.5, 0.6) is 0 Å². The van der Waals surface area contributed by atoms with Crippen LogP contribution < -0.4 is 5.73 Å². The first kappa shape index (κ1) is 23.2. The first-order chi connectivity index (χ1) is 11.7. The second-order valence-corrected chi connectivity index (χ2v) is 7.21. The van der Waals surface area contributed by atoms with Crippen molar-refractivity contribution in [3.63, 3.8) is 0 Å².